The van der Waals surface area contributed by atoms with E-state index in [1.54, 1.807) is 24.3 Å². The lowest BCUT2D eigenvalue weighted by atomic mass is 10.0. The van der Waals surface area contributed by atoms with E-state index in [0.717, 1.165) is 10.0 Å². The van der Waals surface area contributed by atoms with Crippen LogP contribution in [0.3, 0.4) is 0 Å². The second kappa shape index (κ2) is 7.28. The standard InChI is InChI=1S/C20H10BrCl3N2O/c21-12-3-7-14(8-4-12)26-20(27)16-10-18(24)17(23)9-15(16)19(25-26)11-1-5-13(22)6-2-11/h1-10H. The van der Waals surface area contributed by atoms with Gasteiger partial charge >= 0.3 is 0 Å². The van der Waals surface area contributed by atoms with Gasteiger partial charge in [0.1, 0.15) is 0 Å². The van der Waals surface area contributed by atoms with Crippen LogP contribution in [0, 0.1) is 0 Å². The quantitative estimate of drug-likeness (QED) is 0.317. The topological polar surface area (TPSA) is 34.9 Å². The van der Waals surface area contributed by atoms with E-state index in [0.29, 0.717) is 37.2 Å². The van der Waals surface area contributed by atoms with Crippen molar-refractivity contribution in [3.8, 4) is 16.9 Å². The molecule has 0 fully saturated rings. The van der Waals surface area contributed by atoms with Crippen molar-refractivity contribution in [2.45, 2.75) is 0 Å². The maximum atomic E-state index is 13.1. The van der Waals surface area contributed by atoms with Crippen LogP contribution in [0.1, 0.15) is 0 Å². The largest absolute Gasteiger partial charge is 0.279 e. The van der Waals surface area contributed by atoms with Crippen LogP contribution in [-0.2, 0) is 0 Å². The Labute approximate surface area is 178 Å². The zero-order chi connectivity index (χ0) is 19.1. The Bertz CT molecular complexity index is 1220. The fourth-order valence-electron chi connectivity index (χ4n) is 2.81. The predicted molar refractivity (Wildman–Crippen MR) is 116 cm³/mol. The number of nitrogens with zero attached hydrogens (tertiary/aromatic N) is 2. The molecule has 0 aliphatic rings. The van der Waals surface area contributed by atoms with Gasteiger partial charge in [-0.25, -0.2) is 0 Å². The second-order valence-corrected chi connectivity index (χ2v) is 8.03. The van der Waals surface area contributed by atoms with Crippen LogP contribution in [0.25, 0.3) is 27.7 Å². The van der Waals surface area contributed by atoms with Crippen LogP contribution in [0.4, 0.5) is 0 Å². The molecular weight excluding hydrogens is 470 g/mol. The average Bonchev–Trinajstić information content (AvgIpc) is 2.66. The zero-order valence-electron chi connectivity index (χ0n) is 13.6. The Morgan fingerprint density at radius 2 is 1.41 bits per heavy atom. The molecule has 0 radical (unpaired) electrons. The highest BCUT2D eigenvalue weighted by atomic mass is 79.9. The molecule has 0 spiro atoms. The Hall–Kier alpha value is -1.85. The molecule has 4 rings (SSSR count). The minimum Gasteiger partial charge on any atom is -0.267 e. The fraction of sp³-hybridized carbons (Fsp3) is 0. The fourth-order valence-corrected chi connectivity index (χ4v) is 3.53. The summed E-state index contributed by atoms with van der Waals surface area (Å²) in [5.41, 5.74) is 1.80. The number of benzene rings is 3. The number of fused-ring (bicyclic) bond motifs is 1. The highest BCUT2D eigenvalue weighted by Gasteiger charge is 2.16. The van der Waals surface area contributed by atoms with Crippen molar-refractivity contribution >= 4 is 61.5 Å². The number of aromatic nitrogens is 2. The molecule has 0 N–H and O–H groups in total. The first-order valence-corrected chi connectivity index (χ1v) is 9.81. The van der Waals surface area contributed by atoms with Gasteiger partial charge in [0.05, 0.1) is 26.8 Å². The van der Waals surface area contributed by atoms with Gasteiger partial charge in [-0.1, -0.05) is 62.9 Å². The van der Waals surface area contributed by atoms with Crippen molar-refractivity contribution in [3.05, 3.63) is 90.6 Å². The van der Waals surface area contributed by atoms with Gasteiger partial charge in [-0.15, -0.1) is 0 Å². The highest BCUT2D eigenvalue weighted by Crippen LogP contribution is 2.32. The summed E-state index contributed by atoms with van der Waals surface area (Å²) in [6.07, 6.45) is 0. The molecule has 0 aliphatic heterocycles. The summed E-state index contributed by atoms with van der Waals surface area (Å²) in [7, 11) is 0. The van der Waals surface area contributed by atoms with E-state index in [-0.39, 0.29) is 5.56 Å². The van der Waals surface area contributed by atoms with Gasteiger partial charge in [0, 0.05) is 20.4 Å². The lowest BCUT2D eigenvalue weighted by Crippen LogP contribution is -2.22. The van der Waals surface area contributed by atoms with Crippen LogP contribution in [0.2, 0.25) is 15.1 Å². The van der Waals surface area contributed by atoms with Crippen LogP contribution in [0.5, 0.6) is 0 Å². The number of halogens is 4. The predicted octanol–water partition coefficient (Wildman–Crippen LogP) is 6.78. The molecule has 0 bridgehead atoms. The maximum absolute atomic E-state index is 13.1. The van der Waals surface area contributed by atoms with Crippen molar-refractivity contribution in [2.24, 2.45) is 0 Å². The SMILES string of the molecule is O=c1c2cc(Cl)c(Cl)cc2c(-c2ccc(Cl)cc2)nn1-c1ccc(Br)cc1. The molecule has 27 heavy (non-hydrogen) atoms. The molecule has 1 heterocycles. The first-order chi connectivity index (χ1) is 12.9. The first-order valence-electron chi connectivity index (χ1n) is 7.88. The van der Waals surface area contributed by atoms with Crippen LogP contribution < -0.4 is 5.56 Å². The van der Waals surface area contributed by atoms with Gasteiger partial charge < -0.3 is 0 Å². The summed E-state index contributed by atoms with van der Waals surface area (Å²) in [6, 6.07) is 17.8. The lowest BCUT2D eigenvalue weighted by Gasteiger charge is -2.12. The molecule has 3 nitrogen and oxygen atoms in total. The summed E-state index contributed by atoms with van der Waals surface area (Å²) >= 11 is 21.8. The summed E-state index contributed by atoms with van der Waals surface area (Å²) < 4.78 is 2.27. The van der Waals surface area contributed by atoms with Gasteiger partial charge in [-0.3, -0.25) is 4.79 Å². The summed E-state index contributed by atoms with van der Waals surface area (Å²) in [5, 5.41) is 6.98. The van der Waals surface area contributed by atoms with E-state index < -0.39 is 0 Å². The van der Waals surface area contributed by atoms with Crippen LogP contribution in [-0.4, -0.2) is 9.78 Å². The minimum absolute atomic E-state index is 0.274. The molecule has 134 valence electrons. The van der Waals surface area contributed by atoms with E-state index in [1.807, 2.05) is 36.4 Å². The van der Waals surface area contributed by atoms with Gasteiger partial charge in [-0.05, 0) is 48.5 Å². The van der Waals surface area contributed by atoms with Gasteiger partial charge in [0.15, 0.2) is 0 Å². The van der Waals surface area contributed by atoms with E-state index in [4.69, 9.17) is 34.8 Å². The van der Waals surface area contributed by atoms with Gasteiger partial charge in [0.2, 0.25) is 0 Å². The average molecular weight is 481 g/mol. The van der Waals surface area contributed by atoms with E-state index in [2.05, 4.69) is 21.0 Å². The third kappa shape index (κ3) is 3.50. The molecule has 0 saturated carbocycles. The molecule has 0 atom stereocenters. The van der Waals surface area contributed by atoms with Crippen molar-refractivity contribution in [1.29, 1.82) is 0 Å². The molecule has 0 amide bonds. The molecule has 3 aromatic carbocycles. The van der Waals surface area contributed by atoms with E-state index in [1.165, 1.54) is 4.68 Å². The van der Waals surface area contributed by atoms with E-state index >= 15 is 0 Å². The molecule has 0 aliphatic carbocycles. The second-order valence-electron chi connectivity index (χ2n) is 5.86. The molecule has 4 aromatic rings. The van der Waals surface area contributed by atoms with Crippen molar-refractivity contribution in [3.63, 3.8) is 0 Å². The third-order valence-electron chi connectivity index (χ3n) is 4.13. The smallest absolute Gasteiger partial charge is 0.267 e. The molecule has 7 heteroatoms. The van der Waals surface area contributed by atoms with Crippen molar-refractivity contribution in [1.82, 2.24) is 9.78 Å². The summed E-state index contributed by atoms with van der Waals surface area (Å²) in [5.74, 6) is 0. The highest BCUT2D eigenvalue weighted by molar-refractivity contribution is 9.10. The van der Waals surface area contributed by atoms with Crippen molar-refractivity contribution in [2.75, 3.05) is 0 Å². The number of hydrogen-bond donors (Lipinski definition) is 0. The molecule has 0 saturated heterocycles. The van der Waals surface area contributed by atoms with E-state index in [9.17, 15) is 4.79 Å². The Kier molecular flexibility index (Phi) is 4.99. The van der Waals surface area contributed by atoms with Gasteiger partial charge in [-0.2, -0.15) is 9.78 Å². The monoisotopic (exact) mass is 478 g/mol. The van der Waals surface area contributed by atoms with Crippen LogP contribution in [0.15, 0.2) is 69.9 Å². The normalized spacial score (nSPS) is 11.1. The Morgan fingerprint density at radius 3 is 2.04 bits per heavy atom. The molecular formula is C20H10BrCl3N2O. The zero-order valence-corrected chi connectivity index (χ0v) is 17.4. The minimum atomic E-state index is -0.274. The summed E-state index contributed by atoms with van der Waals surface area (Å²) in [4.78, 5) is 13.1. The van der Waals surface area contributed by atoms with Gasteiger partial charge in [0.25, 0.3) is 5.56 Å². The lowest BCUT2D eigenvalue weighted by molar-refractivity contribution is 0.826. The Morgan fingerprint density at radius 1 is 0.815 bits per heavy atom. The number of rotatable bonds is 2. The summed E-state index contributed by atoms with van der Waals surface area (Å²) in [6.45, 7) is 0. The third-order valence-corrected chi connectivity index (χ3v) is 5.63. The van der Waals surface area contributed by atoms with Crippen LogP contribution >= 0.6 is 50.7 Å². The Balaban J connectivity index is 2.10. The first kappa shape index (κ1) is 18.5. The van der Waals surface area contributed by atoms with Crippen molar-refractivity contribution < 1.29 is 0 Å². The molecule has 1 aromatic heterocycles. The maximum Gasteiger partial charge on any atom is 0.279 e. The number of hydrogen-bond acceptors (Lipinski definition) is 2. The molecule has 0 unspecified atom stereocenters.